The molecule has 0 amide bonds. The molecule has 3 fully saturated rings. The summed E-state index contributed by atoms with van der Waals surface area (Å²) in [5.74, 6) is 5.18. The number of benzene rings is 2. The zero-order chi connectivity index (χ0) is 26.5. The van der Waals surface area contributed by atoms with Gasteiger partial charge in [-0.05, 0) is 123 Å². The van der Waals surface area contributed by atoms with Crippen LogP contribution in [0.25, 0.3) is 0 Å². The Labute approximate surface area is 236 Å². The van der Waals surface area contributed by atoms with Gasteiger partial charge in [-0.3, -0.25) is 0 Å². The van der Waals surface area contributed by atoms with Gasteiger partial charge in [0.15, 0.2) is 11.5 Å². The van der Waals surface area contributed by atoms with Crippen LogP contribution in [0.3, 0.4) is 0 Å². The summed E-state index contributed by atoms with van der Waals surface area (Å²) in [4.78, 5) is 0. The first kappa shape index (κ1) is 27.3. The number of hydrogen-bond donors (Lipinski definition) is 0. The molecule has 2 aromatic carbocycles. The van der Waals surface area contributed by atoms with Gasteiger partial charge in [-0.1, -0.05) is 18.2 Å². The maximum Gasteiger partial charge on any atom is 0.161 e. The van der Waals surface area contributed by atoms with Crippen molar-refractivity contribution in [3.05, 3.63) is 62.9 Å². The number of thioether (sulfide) groups is 2. The predicted octanol–water partition coefficient (Wildman–Crippen LogP) is 8.22. The molecule has 3 aliphatic rings. The van der Waals surface area contributed by atoms with Crippen LogP contribution in [-0.2, 0) is 11.8 Å². The molecule has 1 aliphatic heterocycles. The van der Waals surface area contributed by atoms with Gasteiger partial charge in [0.25, 0.3) is 0 Å². The van der Waals surface area contributed by atoms with Crippen LogP contribution in [0.2, 0.25) is 0 Å². The average molecular weight is 550 g/mol. The van der Waals surface area contributed by atoms with Crippen molar-refractivity contribution < 1.29 is 14.2 Å². The normalized spacial score (nSPS) is 24.2. The van der Waals surface area contributed by atoms with Crippen LogP contribution in [0.4, 0.5) is 0 Å². The second-order valence-electron chi connectivity index (χ2n) is 10.9. The molecule has 1 saturated heterocycles. The molecule has 0 aromatic heterocycles. The van der Waals surface area contributed by atoms with Gasteiger partial charge in [0.1, 0.15) is 5.75 Å². The second kappa shape index (κ2) is 12.3. The summed E-state index contributed by atoms with van der Waals surface area (Å²) in [5.41, 5.74) is 4.49. The van der Waals surface area contributed by atoms with Crippen LogP contribution in [-0.4, -0.2) is 31.8 Å². The van der Waals surface area contributed by atoms with Crippen molar-refractivity contribution in [3.63, 3.8) is 0 Å². The Kier molecular flexibility index (Phi) is 8.85. The standard InChI is InChI=1S/C32H39NO3S2/c1-22-9-10-23(18-29(22)35-3)17-24-20-32(21-33,14-13-27(24)31-37-15-6-16-38-31)25-11-12-28(34-2)30(19-25)36-26-7-4-5-8-26/h9-12,18-19,24,26H,4-8,13-17,20H2,1-3H3. The summed E-state index contributed by atoms with van der Waals surface area (Å²) in [7, 11) is 3.44. The van der Waals surface area contributed by atoms with Crippen molar-refractivity contribution >= 4 is 23.5 Å². The SMILES string of the molecule is COc1cc(CC2CC(C#N)(c3ccc(OC)c(OC4CCCC4)c3)CCC2=C2SCCCS2)ccc1C. The Hall–Kier alpha value is -2.23. The van der Waals surface area contributed by atoms with Crippen LogP contribution < -0.4 is 14.2 Å². The van der Waals surface area contributed by atoms with E-state index >= 15 is 0 Å². The quantitative estimate of drug-likeness (QED) is 0.347. The second-order valence-corrected chi connectivity index (χ2v) is 13.3. The van der Waals surface area contributed by atoms with E-state index in [0.29, 0.717) is 5.92 Å². The van der Waals surface area contributed by atoms with E-state index in [0.717, 1.165) is 66.9 Å². The minimum atomic E-state index is -0.548. The smallest absolute Gasteiger partial charge is 0.161 e. The van der Waals surface area contributed by atoms with Crippen LogP contribution in [0.15, 0.2) is 46.2 Å². The van der Waals surface area contributed by atoms with E-state index in [1.165, 1.54) is 40.6 Å². The highest BCUT2D eigenvalue weighted by molar-refractivity contribution is 8.22. The van der Waals surface area contributed by atoms with Crippen molar-refractivity contribution in [1.29, 1.82) is 5.26 Å². The fourth-order valence-corrected chi connectivity index (χ4v) is 9.11. The van der Waals surface area contributed by atoms with E-state index in [9.17, 15) is 5.26 Å². The zero-order valence-corrected chi connectivity index (χ0v) is 24.5. The molecule has 2 aromatic rings. The van der Waals surface area contributed by atoms with Gasteiger partial charge in [0.2, 0.25) is 0 Å². The number of hydrogen-bond acceptors (Lipinski definition) is 6. The molecule has 0 bridgehead atoms. The van der Waals surface area contributed by atoms with Crippen molar-refractivity contribution in [2.24, 2.45) is 5.92 Å². The molecule has 38 heavy (non-hydrogen) atoms. The number of nitriles is 1. The van der Waals surface area contributed by atoms with Gasteiger partial charge in [-0.25, -0.2) is 0 Å². The monoisotopic (exact) mass is 549 g/mol. The largest absolute Gasteiger partial charge is 0.496 e. The van der Waals surface area contributed by atoms with Crippen LogP contribution in [0, 0.1) is 24.2 Å². The molecule has 2 atom stereocenters. The molecule has 2 aliphatic carbocycles. The Bertz CT molecular complexity index is 1210. The van der Waals surface area contributed by atoms with E-state index in [1.807, 2.05) is 29.6 Å². The summed E-state index contributed by atoms with van der Waals surface area (Å²) in [5, 5.41) is 10.7. The molecule has 1 heterocycles. The molecule has 0 spiro atoms. The summed E-state index contributed by atoms with van der Waals surface area (Å²) < 4.78 is 19.2. The Morgan fingerprint density at radius 1 is 0.947 bits per heavy atom. The molecule has 4 nitrogen and oxygen atoms in total. The van der Waals surface area contributed by atoms with Gasteiger partial charge in [0.05, 0.1) is 31.8 Å². The first-order valence-electron chi connectivity index (χ1n) is 13.9. The van der Waals surface area contributed by atoms with Crippen LogP contribution in [0.5, 0.6) is 17.2 Å². The van der Waals surface area contributed by atoms with Gasteiger partial charge >= 0.3 is 0 Å². The van der Waals surface area contributed by atoms with Crippen LogP contribution >= 0.6 is 23.5 Å². The summed E-state index contributed by atoms with van der Waals surface area (Å²) in [6.07, 6.45) is 9.65. The molecule has 5 rings (SSSR count). The average Bonchev–Trinajstić information content (AvgIpc) is 3.47. The number of rotatable bonds is 7. The van der Waals surface area contributed by atoms with Crippen LogP contribution in [0.1, 0.15) is 68.1 Å². The highest BCUT2D eigenvalue weighted by atomic mass is 32.2. The van der Waals surface area contributed by atoms with E-state index in [-0.39, 0.29) is 6.10 Å². The van der Waals surface area contributed by atoms with Gasteiger partial charge in [-0.15, -0.1) is 23.5 Å². The number of aryl methyl sites for hydroxylation is 1. The Morgan fingerprint density at radius 3 is 2.42 bits per heavy atom. The summed E-state index contributed by atoms with van der Waals surface area (Å²) >= 11 is 4.04. The molecule has 2 unspecified atom stereocenters. The highest BCUT2D eigenvalue weighted by Gasteiger charge is 2.42. The van der Waals surface area contributed by atoms with Crippen molar-refractivity contribution in [2.45, 2.75) is 76.2 Å². The molecular formula is C32H39NO3S2. The van der Waals surface area contributed by atoms with E-state index in [2.05, 4.69) is 43.3 Å². The lowest BCUT2D eigenvalue weighted by Gasteiger charge is -2.39. The third-order valence-corrected chi connectivity index (χ3v) is 11.1. The maximum absolute atomic E-state index is 10.7. The Balaban J connectivity index is 1.49. The first-order valence-corrected chi connectivity index (χ1v) is 15.9. The fourth-order valence-electron chi connectivity index (χ4n) is 6.23. The molecule has 0 radical (unpaired) electrons. The number of nitrogens with zero attached hydrogens (tertiary/aromatic N) is 1. The number of allylic oxidation sites excluding steroid dienone is 1. The van der Waals surface area contributed by atoms with E-state index in [4.69, 9.17) is 14.2 Å². The number of methoxy groups -OCH3 is 2. The minimum Gasteiger partial charge on any atom is -0.496 e. The minimum absolute atomic E-state index is 0.240. The predicted molar refractivity (Wildman–Crippen MR) is 159 cm³/mol. The molecule has 0 N–H and O–H groups in total. The summed E-state index contributed by atoms with van der Waals surface area (Å²) in [6.45, 7) is 2.08. The van der Waals surface area contributed by atoms with Gasteiger partial charge in [0, 0.05) is 4.24 Å². The fraction of sp³-hybridized carbons (Fsp3) is 0.531. The lowest BCUT2D eigenvalue weighted by molar-refractivity contribution is 0.200. The van der Waals surface area contributed by atoms with E-state index in [1.54, 1.807) is 19.8 Å². The Morgan fingerprint density at radius 2 is 1.71 bits per heavy atom. The topological polar surface area (TPSA) is 51.5 Å². The van der Waals surface area contributed by atoms with Crippen molar-refractivity contribution in [2.75, 3.05) is 25.7 Å². The lowest BCUT2D eigenvalue weighted by atomic mass is 9.64. The third-order valence-electron chi connectivity index (χ3n) is 8.41. The zero-order valence-electron chi connectivity index (χ0n) is 22.9. The molecule has 202 valence electrons. The first-order chi connectivity index (χ1) is 18.5. The van der Waals surface area contributed by atoms with Crippen molar-refractivity contribution in [3.8, 4) is 23.3 Å². The van der Waals surface area contributed by atoms with Gasteiger partial charge < -0.3 is 14.2 Å². The maximum atomic E-state index is 10.7. The summed E-state index contributed by atoms with van der Waals surface area (Å²) in [6, 6.07) is 15.6. The third kappa shape index (κ3) is 5.84. The van der Waals surface area contributed by atoms with E-state index < -0.39 is 5.41 Å². The highest BCUT2D eigenvalue weighted by Crippen LogP contribution is 2.51. The lowest BCUT2D eigenvalue weighted by Crippen LogP contribution is -2.34. The molecule has 2 saturated carbocycles. The molecular weight excluding hydrogens is 510 g/mol. The number of ether oxygens (including phenoxy) is 3. The van der Waals surface area contributed by atoms with Crippen molar-refractivity contribution in [1.82, 2.24) is 0 Å². The molecule has 6 heteroatoms. The van der Waals surface area contributed by atoms with Gasteiger partial charge in [-0.2, -0.15) is 5.26 Å².